The van der Waals surface area contributed by atoms with Crippen molar-refractivity contribution in [2.24, 2.45) is 5.73 Å². The number of nitrogens with zero attached hydrogens (tertiary/aromatic N) is 3. The Morgan fingerprint density at radius 3 is 2.14 bits per heavy atom. The summed E-state index contributed by atoms with van der Waals surface area (Å²) >= 11 is 0. The molecule has 2 heterocycles. The highest BCUT2D eigenvalue weighted by Crippen LogP contribution is 2.06. The van der Waals surface area contributed by atoms with Crippen LogP contribution in [0.3, 0.4) is 0 Å². The number of nitrogens with two attached hydrogens (primary N) is 1. The normalized spacial score (nSPS) is 9.71. The van der Waals surface area contributed by atoms with E-state index in [4.69, 9.17) is 15.7 Å². The summed E-state index contributed by atoms with van der Waals surface area (Å²) < 4.78 is 4.70. The van der Waals surface area contributed by atoms with E-state index in [1.54, 1.807) is 6.07 Å². The molecule has 0 saturated carbocycles. The smallest absolute Gasteiger partial charge is 0.347 e. The summed E-state index contributed by atoms with van der Waals surface area (Å²) in [6.07, 6.45) is 2.46. The van der Waals surface area contributed by atoms with Gasteiger partial charge in [-0.1, -0.05) is 0 Å². The first-order valence-electron chi connectivity index (χ1n) is 5.91. The van der Waals surface area contributed by atoms with E-state index in [1.807, 2.05) is 6.07 Å². The van der Waals surface area contributed by atoms with Crippen LogP contribution in [0, 0.1) is 11.3 Å². The average Bonchev–Trinajstić information content (AvgIpc) is 2.55. The van der Waals surface area contributed by atoms with Crippen LogP contribution in [0.15, 0.2) is 36.7 Å². The zero-order valence-corrected chi connectivity index (χ0v) is 10.8. The molecule has 0 aliphatic carbocycles. The van der Waals surface area contributed by atoms with Crippen molar-refractivity contribution in [3.8, 4) is 6.07 Å². The summed E-state index contributed by atoms with van der Waals surface area (Å²) in [6.45, 7) is 0.255. The summed E-state index contributed by atoms with van der Waals surface area (Å²) in [5.74, 6) is -1.67. The lowest BCUT2D eigenvalue weighted by molar-refractivity contribution is 0.0397. The molecule has 0 spiro atoms. The predicted molar refractivity (Wildman–Crippen MR) is 70.8 cm³/mol. The maximum Gasteiger partial charge on any atom is 0.347 e. The number of carbonyl (C=O) groups is 2. The van der Waals surface area contributed by atoms with Crippen molar-refractivity contribution in [1.29, 1.82) is 5.26 Å². The number of aromatic nitrogens is 2. The zero-order valence-electron chi connectivity index (χ0n) is 10.8. The van der Waals surface area contributed by atoms with Gasteiger partial charge in [0.2, 0.25) is 0 Å². The van der Waals surface area contributed by atoms with Crippen LogP contribution >= 0.6 is 0 Å². The lowest BCUT2D eigenvalue weighted by Crippen LogP contribution is -2.13. The minimum absolute atomic E-state index is 0.0777. The molecule has 0 fully saturated rings. The highest BCUT2D eigenvalue weighted by molar-refractivity contribution is 6.02. The van der Waals surface area contributed by atoms with Crippen LogP contribution in [0.4, 0.5) is 0 Å². The summed E-state index contributed by atoms with van der Waals surface area (Å²) in [5.41, 5.74) is 6.40. The van der Waals surface area contributed by atoms with E-state index in [0.29, 0.717) is 5.69 Å². The van der Waals surface area contributed by atoms with Gasteiger partial charge in [0.05, 0.1) is 16.8 Å². The van der Waals surface area contributed by atoms with Crippen LogP contribution in [0.2, 0.25) is 0 Å². The maximum atomic E-state index is 11.8. The second-order valence-electron chi connectivity index (χ2n) is 3.96. The molecule has 0 aliphatic rings. The lowest BCUT2D eigenvalue weighted by Gasteiger charge is -2.03. The molecular weight excluding hydrogens is 272 g/mol. The van der Waals surface area contributed by atoms with Gasteiger partial charge in [0, 0.05) is 18.9 Å². The van der Waals surface area contributed by atoms with Gasteiger partial charge in [-0.15, -0.1) is 0 Å². The number of pyridine rings is 2. The molecule has 0 aromatic carbocycles. The van der Waals surface area contributed by atoms with Crippen molar-refractivity contribution in [3.63, 3.8) is 0 Å². The Morgan fingerprint density at radius 2 is 1.71 bits per heavy atom. The highest BCUT2D eigenvalue weighted by atomic mass is 16.6. The van der Waals surface area contributed by atoms with E-state index in [2.05, 4.69) is 9.97 Å². The summed E-state index contributed by atoms with van der Waals surface area (Å²) in [6, 6.07) is 7.59. The van der Waals surface area contributed by atoms with E-state index in [0.717, 1.165) is 0 Å². The summed E-state index contributed by atoms with van der Waals surface area (Å²) in [4.78, 5) is 31.2. The van der Waals surface area contributed by atoms with Gasteiger partial charge in [0.15, 0.2) is 0 Å². The first-order chi connectivity index (χ1) is 10.1. The van der Waals surface area contributed by atoms with Gasteiger partial charge in [-0.25, -0.2) is 14.6 Å². The number of nitriles is 1. The molecule has 0 bridgehead atoms. The standard InChI is InChI=1S/C14H10N4O3/c15-5-11-3-1-9(7-17-11)13(19)21-14(20)10-2-4-12(6-16)18-8-10/h1-4,7-8H,5,15H2. The lowest BCUT2D eigenvalue weighted by atomic mass is 10.2. The van der Waals surface area contributed by atoms with Crippen LogP contribution in [0.25, 0.3) is 0 Å². The first-order valence-corrected chi connectivity index (χ1v) is 5.91. The Hall–Kier alpha value is -3.11. The van der Waals surface area contributed by atoms with Crippen LogP contribution in [-0.2, 0) is 11.3 Å². The van der Waals surface area contributed by atoms with Crippen molar-refractivity contribution < 1.29 is 14.3 Å². The molecule has 2 aromatic heterocycles. The SMILES string of the molecule is N#Cc1ccc(C(=O)OC(=O)c2ccc(CN)nc2)cn1. The van der Waals surface area contributed by atoms with Crippen molar-refractivity contribution in [3.05, 3.63) is 59.2 Å². The topological polar surface area (TPSA) is 119 Å². The molecule has 21 heavy (non-hydrogen) atoms. The van der Waals surface area contributed by atoms with Crippen LogP contribution in [0.5, 0.6) is 0 Å². The van der Waals surface area contributed by atoms with Gasteiger partial charge < -0.3 is 10.5 Å². The molecule has 0 atom stereocenters. The molecule has 2 N–H and O–H groups in total. The number of rotatable bonds is 3. The first kappa shape index (κ1) is 14.3. The molecule has 7 heteroatoms. The van der Waals surface area contributed by atoms with Gasteiger partial charge in [0.1, 0.15) is 11.8 Å². The fourth-order valence-corrected chi connectivity index (χ4v) is 1.45. The minimum Gasteiger partial charge on any atom is -0.386 e. The second-order valence-corrected chi connectivity index (χ2v) is 3.96. The number of carbonyl (C=O) groups excluding carboxylic acids is 2. The summed E-state index contributed by atoms with van der Waals surface area (Å²) in [7, 11) is 0. The minimum atomic E-state index is -0.847. The number of esters is 2. The Balaban J connectivity index is 2.07. The second kappa shape index (κ2) is 6.36. The molecular formula is C14H10N4O3. The summed E-state index contributed by atoms with van der Waals surface area (Å²) in [5, 5.41) is 8.61. The van der Waals surface area contributed by atoms with Gasteiger partial charge in [0.25, 0.3) is 0 Å². The fraction of sp³-hybridized carbons (Fsp3) is 0.0714. The Kier molecular flexibility index (Phi) is 4.33. The van der Waals surface area contributed by atoms with Crippen molar-refractivity contribution in [1.82, 2.24) is 9.97 Å². The van der Waals surface area contributed by atoms with E-state index in [9.17, 15) is 9.59 Å². The van der Waals surface area contributed by atoms with E-state index >= 15 is 0 Å². The van der Waals surface area contributed by atoms with Crippen molar-refractivity contribution in [2.45, 2.75) is 6.54 Å². The Bertz CT molecular complexity index is 702. The average molecular weight is 282 g/mol. The molecule has 104 valence electrons. The van der Waals surface area contributed by atoms with Crippen LogP contribution in [0.1, 0.15) is 32.1 Å². The fourth-order valence-electron chi connectivity index (χ4n) is 1.45. The quantitative estimate of drug-likeness (QED) is 0.653. The van der Waals surface area contributed by atoms with Crippen LogP contribution in [-0.4, -0.2) is 21.9 Å². The van der Waals surface area contributed by atoms with Gasteiger partial charge in [-0.3, -0.25) is 4.98 Å². The zero-order chi connectivity index (χ0) is 15.2. The third-order valence-corrected chi connectivity index (χ3v) is 2.57. The third kappa shape index (κ3) is 3.46. The molecule has 0 amide bonds. The van der Waals surface area contributed by atoms with E-state index in [-0.39, 0.29) is 23.4 Å². The third-order valence-electron chi connectivity index (χ3n) is 2.57. The molecule has 0 unspecified atom stereocenters. The molecule has 0 saturated heterocycles. The van der Waals surface area contributed by atoms with Gasteiger partial charge >= 0.3 is 11.9 Å². The molecule has 2 rings (SSSR count). The van der Waals surface area contributed by atoms with E-state index in [1.165, 1.54) is 30.6 Å². The van der Waals surface area contributed by atoms with Crippen molar-refractivity contribution in [2.75, 3.05) is 0 Å². The Labute approximate surface area is 120 Å². The number of hydrogen-bond acceptors (Lipinski definition) is 7. The molecule has 0 radical (unpaired) electrons. The largest absolute Gasteiger partial charge is 0.386 e. The predicted octanol–water partition coefficient (Wildman–Crippen LogP) is 0.804. The Morgan fingerprint density at radius 1 is 1.10 bits per heavy atom. The van der Waals surface area contributed by atoms with Crippen LogP contribution < -0.4 is 5.73 Å². The van der Waals surface area contributed by atoms with Gasteiger partial charge in [-0.2, -0.15) is 5.26 Å². The number of ether oxygens (including phenoxy) is 1. The van der Waals surface area contributed by atoms with Gasteiger partial charge in [-0.05, 0) is 24.3 Å². The van der Waals surface area contributed by atoms with E-state index < -0.39 is 11.9 Å². The molecule has 7 nitrogen and oxygen atoms in total. The maximum absolute atomic E-state index is 11.8. The monoisotopic (exact) mass is 282 g/mol. The highest BCUT2D eigenvalue weighted by Gasteiger charge is 2.15. The molecule has 0 aliphatic heterocycles. The van der Waals surface area contributed by atoms with Crippen molar-refractivity contribution >= 4 is 11.9 Å². The molecule has 2 aromatic rings. The number of hydrogen-bond donors (Lipinski definition) is 1.